The van der Waals surface area contributed by atoms with Crippen molar-refractivity contribution in [1.82, 2.24) is 15.5 Å². The first-order chi connectivity index (χ1) is 10.2. The van der Waals surface area contributed by atoms with Gasteiger partial charge in [0.2, 0.25) is 0 Å². The minimum atomic E-state index is -0.155. The largest absolute Gasteiger partial charge is 0.366 e. The lowest BCUT2D eigenvalue weighted by atomic mass is 10.1. The Hall–Kier alpha value is -1.65. The average Bonchev–Trinajstić information content (AvgIpc) is 2.76. The monoisotopic (exact) mass is 290 g/mol. The zero-order chi connectivity index (χ0) is 15.1. The van der Waals surface area contributed by atoms with E-state index in [1.807, 2.05) is 19.9 Å². The molecular weight excluding hydrogens is 264 g/mol. The van der Waals surface area contributed by atoms with E-state index in [2.05, 4.69) is 20.8 Å². The van der Waals surface area contributed by atoms with Crippen molar-refractivity contribution in [2.24, 2.45) is 0 Å². The standard InChI is InChI=1S/C16H26N4O/c1-3-12(2)17-16(21)14-10-11-15(20-19-14)18-13-8-6-4-5-7-9-13/h10-13H,3-9H2,1-2H3,(H,17,21)(H,18,20). The first kappa shape index (κ1) is 15.7. The van der Waals surface area contributed by atoms with E-state index in [1.54, 1.807) is 6.07 Å². The fourth-order valence-corrected chi connectivity index (χ4v) is 2.56. The Morgan fingerprint density at radius 3 is 2.52 bits per heavy atom. The van der Waals surface area contributed by atoms with E-state index < -0.39 is 0 Å². The molecule has 1 aliphatic rings. The maximum Gasteiger partial charge on any atom is 0.272 e. The van der Waals surface area contributed by atoms with Crippen LogP contribution in [0.15, 0.2) is 12.1 Å². The summed E-state index contributed by atoms with van der Waals surface area (Å²) >= 11 is 0. The number of hydrogen-bond acceptors (Lipinski definition) is 4. The van der Waals surface area contributed by atoms with Gasteiger partial charge in [0.1, 0.15) is 5.82 Å². The molecule has 0 radical (unpaired) electrons. The minimum absolute atomic E-state index is 0.155. The van der Waals surface area contributed by atoms with Gasteiger partial charge in [0.25, 0.3) is 5.91 Å². The topological polar surface area (TPSA) is 66.9 Å². The molecule has 116 valence electrons. The summed E-state index contributed by atoms with van der Waals surface area (Å²) in [6, 6.07) is 4.23. The van der Waals surface area contributed by atoms with Gasteiger partial charge in [-0.3, -0.25) is 4.79 Å². The Bertz CT molecular complexity index is 438. The lowest BCUT2D eigenvalue weighted by Gasteiger charge is -2.16. The van der Waals surface area contributed by atoms with Crippen molar-refractivity contribution in [2.45, 2.75) is 70.9 Å². The van der Waals surface area contributed by atoms with E-state index in [0.29, 0.717) is 11.7 Å². The fourth-order valence-electron chi connectivity index (χ4n) is 2.56. The molecule has 21 heavy (non-hydrogen) atoms. The molecule has 1 saturated carbocycles. The molecule has 0 aromatic carbocycles. The molecule has 1 aromatic heterocycles. The number of carbonyl (C=O) groups is 1. The second-order valence-corrected chi connectivity index (χ2v) is 5.92. The van der Waals surface area contributed by atoms with Crippen LogP contribution < -0.4 is 10.6 Å². The van der Waals surface area contributed by atoms with Crippen LogP contribution >= 0.6 is 0 Å². The summed E-state index contributed by atoms with van der Waals surface area (Å²) < 4.78 is 0. The molecular formula is C16H26N4O. The molecule has 1 atom stereocenters. The predicted octanol–water partition coefficient (Wildman–Crippen LogP) is 3.14. The zero-order valence-electron chi connectivity index (χ0n) is 13.1. The fraction of sp³-hybridized carbons (Fsp3) is 0.688. The van der Waals surface area contributed by atoms with Crippen molar-refractivity contribution >= 4 is 11.7 Å². The van der Waals surface area contributed by atoms with E-state index in [4.69, 9.17) is 0 Å². The average molecular weight is 290 g/mol. The van der Waals surface area contributed by atoms with Crippen molar-refractivity contribution in [3.8, 4) is 0 Å². The first-order valence-corrected chi connectivity index (χ1v) is 8.10. The highest BCUT2D eigenvalue weighted by atomic mass is 16.2. The molecule has 1 aromatic rings. The quantitative estimate of drug-likeness (QED) is 0.818. The van der Waals surface area contributed by atoms with Crippen molar-refractivity contribution in [1.29, 1.82) is 0 Å². The van der Waals surface area contributed by atoms with E-state index in [0.717, 1.165) is 12.2 Å². The number of nitrogens with one attached hydrogen (secondary N) is 2. The summed E-state index contributed by atoms with van der Waals surface area (Å²) in [5.74, 6) is 0.611. The summed E-state index contributed by atoms with van der Waals surface area (Å²) in [6.45, 7) is 4.02. The number of aromatic nitrogens is 2. The summed E-state index contributed by atoms with van der Waals surface area (Å²) in [7, 11) is 0. The molecule has 5 heteroatoms. The zero-order valence-corrected chi connectivity index (χ0v) is 13.1. The highest BCUT2D eigenvalue weighted by Crippen LogP contribution is 2.20. The Balaban J connectivity index is 1.90. The summed E-state index contributed by atoms with van der Waals surface area (Å²) in [5.41, 5.74) is 0.377. The molecule has 2 N–H and O–H groups in total. The predicted molar refractivity (Wildman–Crippen MR) is 84.4 cm³/mol. The van der Waals surface area contributed by atoms with Crippen LogP contribution in [0.1, 0.15) is 69.3 Å². The van der Waals surface area contributed by atoms with Gasteiger partial charge in [0.15, 0.2) is 5.69 Å². The lowest BCUT2D eigenvalue weighted by molar-refractivity contribution is 0.0933. The van der Waals surface area contributed by atoms with Crippen LogP contribution in [0.4, 0.5) is 5.82 Å². The lowest BCUT2D eigenvalue weighted by Crippen LogP contribution is -2.32. The minimum Gasteiger partial charge on any atom is -0.366 e. The molecule has 0 bridgehead atoms. The third-order valence-electron chi connectivity index (χ3n) is 4.09. The Morgan fingerprint density at radius 1 is 1.24 bits per heavy atom. The highest BCUT2D eigenvalue weighted by molar-refractivity contribution is 5.92. The van der Waals surface area contributed by atoms with Crippen molar-refractivity contribution in [2.75, 3.05) is 5.32 Å². The van der Waals surface area contributed by atoms with Crippen LogP contribution in [0.3, 0.4) is 0 Å². The molecule has 1 fully saturated rings. The van der Waals surface area contributed by atoms with Gasteiger partial charge in [0.05, 0.1) is 0 Å². The summed E-state index contributed by atoms with van der Waals surface area (Å²) in [5, 5.41) is 14.5. The Kier molecular flexibility index (Phi) is 5.96. The number of hydrogen-bond donors (Lipinski definition) is 2. The number of rotatable bonds is 5. The van der Waals surface area contributed by atoms with Gasteiger partial charge < -0.3 is 10.6 Å². The van der Waals surface area contributed by atoms with Crippen LogP contribution in [0.5, 0.6) is 0 Å². The van der Waals surface area contributed by atoms with E-state index >= 15 is 0 Å². The van der Waals surface area contributed by atoms with Gasteiger partial charge in [-0.1, -0.05) is 32.6 Å². The molecule has 2 rings (SSSR count). The molecule has 1 heterocycles. The van der Waals surface area contributed by atoms with Gasteiger partial charge in [-0.2, -0.15) is 0 Å². The molecule has 5 nitrogen and oxygen atoms in total. The molecule has 1 aliphatic carbocycles. The van der Waals surface area contributed by atoms with Crippen molar-refractivity contribution in [3.63, 3.8) is 0 Å². The molecule has 0 aliphatic heterocycles. The van der Waals surface area contributed by atoms with E-state index in [1.165, 1.54) is 38.5 Å². The van der Waals surface area contributed by atoms with Crippen LogP contribution in [0, 0.1) is 0 Å². The van der Waals surface area contributed by atoms with Crippen molar-refractivity contribution < 1.29 is 4.79 Å². The van der Waals surface area contributed by atoms with E-state index in [-0.39, 0.29) is 11.9 Å². The maximum atomic E-state index is 11.9. The van der Waals surface area contributed by atoms with E-state index in [9.17, 15) is 4.79 Å². The Morgan fingerprint density at radius 2 is 1.95 bits per heavy atom. The number of anilines is 1. The second-order valence-electron chi connectivity index (χ2n) is 5.92. The summed E-state index contributed by atoms with van der Waals surface area (Å²) in [4.78, 5) is 11.9. The molecule has 0 saturated heterocycles. The molecule has 1 amide bonds. The third-order valence-corrected chi connectivity index (χ3v) is 4.09. The van der Waals surface area contributed by atoms with Gasteiger partial charge in [0, 0.05) is 12.1 Å². The van der Waals surface area contributed by atoms with Crippen LogP contribution in [-0.4, -0.2) is 28.2 Å². The molecule has 0 spiro atoms. The number of nitrogens with zero attached hydrogens (tertiary/aromatic N) is 2. The van der Waals surface area contributed by atoms with Crippen LogP contribution in [-0.2, 0) is 0 Å². The van der Waals surface area contributed by atoms with Crippen LogP contribution in [0.2, 0.25) is 0 Å². The summed E-state index contributed by atoms with van der Waals surface area (Å²) in [6.07, 6.45) is 8.51. The number of carbonyl (C=O) groups excluding carboxylic acids is 1. The second kappa shape index (κ2) is 7.96. The van der Waals surface area contributed by atoms with Gasteiger partial charge >= 0.3 is 0 Å². The normalized spacial score (nSPS) is 17.8. The third kappa shape index (κ3) is 4.99. The van der Waals surface area contributed by atoms with Crippen LogP contribution in [0.25, 0.3) is 0 Å². The first-order valence-electron chi connectivity index (χ1n) is 8.10. The smallest absolute Gasteiger partial charge is 0.272 e. The molecule has 1 unspecified atom stereocenters. The highest BCUT2D eigenvalue weighted by Gasteiger charge is 2.14. The Labute approximate surface area is 126 Å². The maximum absolute atomic E-state index is 11.9. The number of amides is 1. The van der Waals surface area contributed by atoms with Crippen molar-refractivity contribution in [3.05, 3.63) is 17.8 Å². The van der Waals surface area contributed by atoms with Gasteiger partial charge in [-0.15, -0.1) is 10.2 Å². The van der Waals surface area contributed by atoms with Gasteiger partial charge in [-0.05, 0) is 38.3 Å². The SMILES string of the molecule is CCC(C)NC(=O)c1ccc(NC2CCCCCC2)nn1. The van der Waals surface area contributed by atoms with Gasteiger partial charge in [-0.25, -0.2) is 0 Å².